The third kappa shape index (κ3) is 2.40. The van der Waals surface area contributed by atoms with Gasteiger partial charge in [-0.3, -0.25) is 0 Å². The van der Waals surface area contributed by atoms with Crippen molar-refractivity contribution in [3.05, 3.63) is 72.1 Å². The fraction of sp³-hybridized carbons (Fsp3) is 0.150. The molecule has 114 valence electrons. The van der Waals surface area contributed by atoms with Gasteiger partial charge in [-0.1, -0.05) is 36.4 Å². The summed E-state index contributed by atoms with van der Waals surface area (Å²) in [7, 11) is 0. The summed E-state index contributed by atoms with van der Waals surface area (Å²) in [6.45, 7) is 4.07. The smallest absolute Gasteiger partial charge is 0.137 e. The highest BCUT2D eigenvalue weighted by Gasteiger charge is 2.18. The zero-order valence-corrected chi connectivity index (χ0v) is 13.9. The number of benzene rings is 2. The minimum absolute atomic E-state index is 0.117. The summed E-state index contributed by atoms with van der Waals surface area (Å²) in [5.74, 6) is 0. The molecule has 0 radical (unpaired) electrons. The van der Waals surface area contributed by atoms with Gasteiger partial charge in [0.2, 0.25) is 0 Å². The highest BCUT2D eigenvalue weighted by Crippen LogP contribution is 2.33. The maximum atomic E-state index is 6.48. The topological polar surface area (TPSA) is 17.3 Å². The Hall–Kier alpha value is -2.32. The Labute approximate surface area is 140 Å². The van der Waals surface area contributed by atoms with Crippen molar-refractivity contribution in [2.75, 3.05) is 0 Å². The van der Waals surface area contributed by atoms with E-state index in [4.69, 9.17) is 16.6 Å². The zero-order valence-electron chi connectivity index (χ0n) is 13.1. The number of aromatic nitrogens is 2. The van der Waals surface area contributed by atoms with Crippen LogP contribution in [-0.4, -0.2) is 9.38 Å². The van der Waals surface area contributed by atoms with Crippen LogP contribution in [0.4, 0.5) is 0 Å². The highest BCUT2D eigenvalue weighted by molar-refractivity contribution is 6.20. The number of alkyl halides is 1. The Balaban J connectivity index is 2.00. The van der Waals surface area contributed by atoms with Crippen molar-refractivity contribution in [3.63, 3.8) is 0 Å². The van der Waals surface area contributed by atoms with Gasteiger partial charge in [0.1, 0.15) is 5.65 Å². The fourth-order valence-corrected chi connectivity index (χ4v) is 3.30. The van der Waals surface area contributed by atoms with E-state index >= 15 is 0 Å². The van der Waals surface area contributed by atoms with Gasteiger partial charge < -0.3 is 4.40 Å². The predicted octanol–water partition coefficient (Wildman–Crippen LogP) is 5.76. The lowest BCUT2D eigenvalue weighted by Crippen LogP contribution is -1.95. The third-order valence-electron chi connectivity index (χ3n) is 4.22. The number of nitrogens with zero attached hydrogens (tertiary/aromatic N) is 2. The molecule has 0 aliphatic heterocycles. The Morgan fingerprint density at radius 3 is 2.57 bits per heavy atom. The van der Waals surface area contributed by atoms with Crippen LogP contribution in [0.5, 0.6) is 0 Å². The minimum Gasteiger partial charge on any atom is -0.302 e. The summed E-state index contributed by atoms with van der Waals surface area (Å²) >= 11 is 6.48. The van der Waals surface area contributed by atoms with Crippen molar-refractivity contribution >= 4 is 28.0 Å². The summed E-state index contributed by atoms with van der Waals surface area (Å²) in [5, 5.41) is 2.33. The van der Waals surface area contributed by atoms with Crippen molar-refractivity contribution < 1.29 is 0 Å². The van der Waals surface area contributed by atoms with Gasteiger partial charge in [0, 0.05) is 11.8 Å². The molecule has 2 aromatic heterocycles. The molecule has 0 N–H and O–H groups in total. The van der Waals surface area contributed by atoms with Crippen molar-refractivity contribution in [3.8, 4) is 11.3 Å². The van der Waals surface area contributed by atoms with Crippen LogP contribution in [0, 0.1) is 6.92 Å². The maximum Gasteiger partial charge on any atom is 0.137 e. The van der Waals surface area contributed by atoms with Crippen molar-refractivity contribution in [1.82, 2.24) is 9.38 Å². The number of aryl methyl sites for hydroxylation is 1. The van der Waals surface area contributed by atoms with Crippen LogP contribution < -0.4 is 0 Å². The van der Waals surface area contributed by atoms with Gasteiger partial charge in [-0.05, 0) is 48.4 Å². The van der Waals surface area contributed by atoms with Gasteiger partial charge in [-0.2, -0.15) is 0 Å². The van der Waals surface area contributed by atoms with Crippen LogP contribution in [0.15, 0.2) is 60.8 Å². The molecule has 4 aromatic rings. The molecule has 1 atom stereocenters. The van der Waals surface area contributed by atoms with Gasteiger partial charge in [0.05, 0.1) is 16.8 Å². The number of pyridine rings is 1. The largest absolute Gasteiger partial charge is 0.302 e. The fourth-order valence-electron chi connectivity index (χ4n) is 3.09. The van der Waals surface area contributed by atoms with E-state index < -0.39 is 0 Å². The van der Waals surface area contributed by atoms with E-state index in [-0.39, 0.29) is 5.38 Å². The number of fused-ring (bicyclic) bond motifs is 2. The molecule has 1 unspecified atom stereocenters. The molecule has 0 aliphatic rings. The third-order valence-corrected chi connectivity index (χ3v) is 4.42. The zero-order chi connectivity index (χ0) is 16.0. The molecule has 0 saturated carbocycles. The lowest BCUT2D eigenvalue weighted by molar-refractivity contribution is 0.963. The van der Waals surface area contributed by atoms with E-state index in [0.717, 1.165) is 22.6 Å². The maximum absolute atomic E-state index is 6.48. The average Bonchev–Trinajstić information content (AvgIpc) is 2.93. The van der Waals surface area contributed by atoms with Crippen LogP contribution in [0.3, 0.4) is 0 Å². The summed E-state index contributed by atoms with van der Waals surface area (Å²) in [6, 6.07) is 19.0. The van der Waals surface area contributed by atoms with Crippen LogP contribution in [-0.2, 0) is 0 Å². The molecule has 4 rings (SSSR count). The molecule has 2 nitrogen and oxygen atoms in total. The molecule has 2 aromatic carbocycles. The highest BCUT2D eigenvalue weighted by atomic mass is 35.5. The van der Waals surface area contributed by atoms with E-state index in [1.807, 2.05) is 6.92 Å². The van der Waals surface area contributed by atoms with Gasteiger partial charge in [-0.15, -0.1) is 11.6 Å². The molecular formula is C20H17ClN2. The Kier molecular flexibility index (Phi) is 3.35. The number of halogens is 1. The molecule has 3 heteroatoms. The number of rotatable bonds is 2. The summed E-state index contributed by atoms with van der Waals surface area (Å²) in [4.78, 5) is 4.85. The normalized spacial score (nSPS) is 12.8. The first-order chi connectivity index (χ1) is 11.1. The Bertz CT molecular complexity index is 1010. The number of imidazole rings is 1. The van der Waals surface area contributed by atoms with Crippen LogP contribution in [0.25, 0.3) is 27.7 Å². The minimum atomic E-state index is -0.117. The Morgan fingerprint density at radius 1 is 1.00 bits per heavy atom. The van der Waals surface area contributed by atoms with Gasteiger partial charge in [-0.25, -0.2) is 4.98 Å². The summed E-state index contributed by atoms with van der Waals surface area (Å²) < 4.78 is 2.09. The predicted molar refractivity (Wildman–Crippen MR) is 97.1 cm³/mol. The SMILES string of the molecule is Cc1ccn2c(C(C)Cl)c(-c3ccc4ccccc4c3)nc2c1. The molecule has 0 fully saturated rings. The lowest BCUT2D eigenvalue weighted by atomic mass is 10.0. The summed E-state index contributed by atoms with van der Waals surface area (Å²) in [6.07, 6.45) is 2.05. The molecule has 0 saturated heterocycles. The van der Waals surface area contributed by atoms with E-state index in [9.17, 15) is 0 Å². The molecular weight excluding hydrogens is 304 g/mol. The van der Waals surface area contributed by atoms with Crippen molar-refractivity contribution in [2.45, 2.75) is 19.2 Å². The lowest BCUT2D eigenvalue weighted by Gasteiger charge is -2.08. The van der Waals surface area contributed by atoms with Gasteiger partial charge in [0.15, 0.2) is 0 Å². The Morgan fingerprint density at radius 2 is 1.78 bits per heavy atom. The first-order valence-corrected chi connectivity index (χ1v) is 8.19. The second kappa shape index (κ2) is 5.39. The van der Waals surface area contributed by atoms with E-state index in [1.165, 1.54) is 16.3 Å². The van der Waals surface area contributed by atoms with E-state index in [1.54, 1.807) is 0 Å². The quantitative estimate of drug-likeness (QED) is 0.429. The summed E-state index contributed by atoms with van der Waals surface area (Å²) in [5.41, 5.74) is 5.24. The van der Waals surface area contributed by atoms with E-state index in [2.05, 4.69) is 72.1 Å². The van der Waals surface area contributed by atoms with Gasteiger partial charge in [0.25, 0.3) is 0 Å². The monoisotopic (exact) mass is 320 g/mol. The van der Waals surface area contributed by atoms with Crippen LogP contribution >= 0.6 is 11.6 Å². The first-order valence-electron chi connectivity index (χ1n) is 7.75. The standard InChI is InChI=1S/C20H17ClN2/c1-13-9-10-23-18(11-13)22-19(20(23)14(2)21)17-8-7-15-5-3-4-6-16(15)12-17/h3-12,14H,1-2H3. The molecule has 0 spiro atoms. The molecule has 2 heterocycles. The van der Waals surface area contributed by atoms with Crippen molar-refractivity contribution in [2.24, 2.45) is 0 Å². The second-order valence-electron chi connectivity index (χ2n) is 5.96. The number of hydrogen-bond acceptors (Lipinski definition) is 1. The molecule has 0 amide bonds. The first kappa shape index (κ1) is 14.3. The molecule has 23 heavy (non-hydrogen) atoms. The van der Waals surface area contributed by atoms with Gasteiger partial charge >= 0.3 is 0 Å². The van der Waals surface area contributed by atoms with Crippen LogP contribution in [0.1, 0.15) is 23.6 Å². The van der Waals surface area contributed by atoms with Crippen molar-refractivity contribution in [1.29, 1.82) is 0 Å². The van der Waals surface area contributed by atoms with Crippen LogP contribution in [0.2, 0.25) is 0 Å². The molecule has 0 aliphatic carbocycles. The average molecular weight is 321 g/mol. The second-order valence-corrected chi connectivity index (χ2v) is 6.61. The number of hydrogen-bond donors (Lipinski definition) is 0. The van der Waals surface area contributed by atoms with E-state index in [0.29, 0.717) is 0 Å². The molecule has 0 bridgehead atoms.